The van der Waals surface area contributed by atoms with Crippen LogP contribution in [-0.4, -0.2) is 47.7 Å². The van der Waals surface area contributed by atoms with Crippen LogP contribution >= 0.6 is 0 Å². The topological polar surface area (TPSA) is 45.1 Å². The Labute approximate surface area is 195 Å². The third-order valence-corrected chi connectivity index (χ3v) is 6.00. The summed E-state index contributed by atoms with van der Waals surface area (Å²) in [5, 5.41) is 0. The third kappa shape index (κ3) is 4.23. The number of amides is 1. The number of aryl methyl sites for hydroxylation is 1. The molecule has 1 amide bonds. The first-order valence-corrected chi connectivity index (χ1v) is 11.0. The molecule has 0 unspecified atom stereocenters. The highest BCUT2D eigenvalue weighted by molar-refractivity contribution is 6.04. The van der Waals surface area contributed by atoms with Crippen LogP contribution in [0.25, 0.3) is 0 Å². The third-order valence-electron chi connectivity index (χ3n) is 6.00. The second-order valence-corrected chi connectivity index (χ2v) is 8.36. The second kappa shape index (κ2) is 8.52. The van der Waals surface area contributed by atoms with E-state index >= 15 is 0 Å². The zero-order chi connectivity index (χ0) is 23.9. The van der Waals surface area contributed by atoms with Gasteiger partial charge in [-0.1, -0.05) is 29.8 Å². The Morgan fingerprint density at radius 3 is 2.32 bits per heavy atom. The lowest BCUT2D eigenvalue weighted by atomic mass is 10.1. The average Bonchev–Trinajstić information content (AvgIpc) is 3.00. The predicted molar refractivity (Wildman–Crippen MR) is 123 cm³/mol. The number of carbonyl (C=O) groups excluding carboxylic acids is 1. The van der Waals surface area contributed by atoms with E-state index in [1.165, 1.54) is 6.07 Å². The number of hydrogen-bond donors (Lipinski definition) is 0. The lowest BCUT2D eigenvalue weighted by Crippen LogP contribution is -2.50. The fourth-order valence-electron chi connectivity index (χ4n) is 4.19. The zero-order valence-electron chi connectivity index (χ0n) is 18.5. The van der Waals surface area contributed by atoms with Gasteiger partial charge in [0.2, 0.25) is 0 Å². The van der Waals surface area contributed by atoms with E-state index in [2.05, 4.69) is 4.99 Å². The minimum absolute atomic E-state index is 0.0391. The number of piperazine rings is 1. The highest BCUT2D eigenvalue weighted by Crippen LogP contribution is 2.42. The van der Waals surface area contributed by atoms with Gasteiger partial charge in [0, 0.05) is 31.7 Å². The van der Waals surface area contributed by atoms with Crippen molar-refractivity contribution in [2.75, 3.05) is 26.2 Å². The van der Waals surface area contributed by atoms with Gasteiger partial charge in [-0.05, 0) is 49.4 Å². The van der Waals surface area contributed by atoms with Crippen molar-refractivity contribution < 1.29 is 22.7 Å². The molecule has 2 aliphatic heterocycles. The zero-order valence-corrected chi connectivity index (χ0v) is 18.5. The number of fused-ring (bicyclic) bond motifs is 2. The van der Waals surface area contributed by atoms with Crippen LogP contribution in [0.5, 0.6) is 11.5 Å². The molecule has 5 nitrogen and oxygen atoms in total. The Kier molecular flexibility index (Phi) is 5.51. The van der Waals surface area contributed by atoms with Gasteiger partial charge in [0.05, 0.1) is 11.1 Å². The first-order chi connectivity index (χ1) is 16.3. The molecule has 3 aromatic carbocycles. The summed E-state index contributed by atoms with van der Waals surface area (Å²) in [6.07, 6.45) is -4.48. The molecule has 5 rings (SSSR count). The maximum atomic E-state index is 13.3. The van der Waals surface area contributed by atoms with Gasteiger partial charge in [0.25, 0.3) is 5.91 Å². The van der Waals surface area contributed by atoms with Crippen molar-refractivity contribution in [3.8, 4) is 11.5 Å². The molecule has 0 N–H and O–H groups in total. The summed E-state index contributed by atoms with van der Waals surface area (Å²) < 4.78 is 46.0. The van der Waals surface area contributed by atoms with Gasteiger partial charge in [-0.25, -0.2) is 4.99 Å². The van der Waals surface area contributed by atoms with Crippen LogP contribution in [0, 0.1) is 6.92 Å². The first-order valence-electron chi connectivity index (χ1n) is 11.0. The summed E-state index contributed by atoms with van der Waals surface area (Å²) in [7, 11) is 0. The van der Waals surface area contributed by atoms with Crippen molar-refractivity contribution in [3.63, 3.8) is 0 Å². The summed E-state index contributed by atoms with van der Waals surface area (Å²) in [5.74, 6) is 1.31. The highest BCUT2D eigenvalue weighted by atomic mass is 19.4. The number of nitrogens with zero attached hydrogens (tertiary/aromatic N) is 3. The molecule has 0 atom stereocenters. The average molecular weight is 465 g/mol. The molecule has 8 heteroatoms. The molecular formula is C26H22F3N3O2. The monoisotopic (exact) mass is 465 g/mol. The largest absolute Gasteiger partial charge is 0.454 e. The molecule has 0 aliphatic carbocycles. The second-order valence-electron chi connectivity index (χ2n) is 8.36. The van der Waals surface area contributed by atoms with Gasteiger partial charge in [0.1, 0.15) is 17.3 Å². The molecule has 0 saturated carbocycles. The Balaban J connectivity index is 1.48. The molecule has 0 bridgehead atoms. The number of amidine groups is 1. The van der Waals surface area contributed by atoms with Crippen molar-refractivity contribution in [2.24, 2.45) is 4.99 Å². The molecule has 0 radical (unpaired) electrons. The summed E-state index contributed by atoms with van der Waals surface area (Å²) in [6.45, 7) is 3.89. The summed E-state index contributed by atoms with van der Waals surface area (Å²) in [6, 6.07) is 18.0. The van der Waals surface area contributed by atoms with Gasteiger partial charge in [-0.2, -0.15) is 13.2 Å². The Hall–Kier alpha value is -3.81. The fraction of sp³-hybridized carbons (Fsp3) is 0.231. The molecule has 0 aromatic heterocycles. The van der Waals surface area contributed by atoms with Crippen LogP contribution in [0.2, 0.25) is 0 Å². The van der Waals surface area contributed by atoms with Crippen LogP contribution < -0.4 is 4.74 Å². The molecule has 174 valence electrons. The van der Waals surface area contributed by atoms with Crippen LogP contribution in [0.1, 0.15) is 27.0 Å². The Bertz CT molecular complexity index is 1260. The molecule has 1 saturated heterocycles. The minimum atomic E-state index is -4.48. The van der Waals surface area contributed by atoms with Gasteiger partial charge in [0.15, 0.2) is 5.75 Å². The van der Waals surface area contributed by atoms with Gasteiger partial charge in [-0.15, -0.1) is 0 Å². The van der Waals surface area contributed by atoms with E-state index in [4.69, 9.17) is 4.74 Å². The standard InChI is InChI=1S/C26H22F3N3O2/c1-17-7-9-22-20(15-17)24(30-21-16-19(26(27,28)29)8-10-23(21)34-22)31-11-13-32(14-12-31)25(33)18-5-3-2-4-6-18/h2-10,15-16H,11-14H2,1H3. The molecule has 3 aromatic rings. The molecular weight excluding hydrogens is 443 g/mol. The number of aliphatic imine (C=N–C) groups is 1. The minimum Gasteiger partial charge on any atom is -0.454 e. The molecule has 1 fully saturated rings. The van der Waals surface area contributed by atoms with Gasteiger partial charge < -0.3 is 14.5 Å². The summed E-state index contributed by atoms with van der Waals surface area (Å²) in [4.78, 5) is 21.3. The van der Waals surface area contributed by atoms with E-state index in [1.54, 1.807) is 17.0 Å². The number of rotatable bonds is 1. The smallest absolute Gasteiger partial charge is 0.416 e. The normalized spacial score (nSPS) is 15.6. The van der Waals surface area contributed by atoms with E-state index in [1.807, 2.05) is 48.2 Å². The number of alkyl halides is 3. The van der Waals surface area contributed by atoms with Crippen LogP contribution in [0.4, 0.5) is 18.9 Å². The van der Waals surface area contributed by atoms with Gasteiger partial charge >= 0.3 is 6.18 Å². The lowest BCUT2D eigenvalue weighted by Gasteiger charge is -2.36. The number of hydrogen-bond acceptors (Lipinski definition) is 4. The van der Waals surface area contributed by atoms with Crippen molar-refractivity contribution in [1.82, 2.24) is 9.80 Å². The van der Waals surface area contributed by atoms with Crippen molar-refractivity contribution >= 4 is 17.4 Å². The number of carbonyl (C=O) groups is 1. The molecule has 2 heterocycles. The number of ether oxygens (including phenoxy) is 1. The van der Waals surface area contributed by atoms with Crippen molar-refractivity contribution in [3.05, 3.63) is 89.0 Å². The summed E-state index contributed by atoms with van der Waals surface area (Å²) in [5.41, 5.74) is 1.67. The van der Waals surface area contributed by atoms with Crippen molar-refractivity contribution in [1.29, 1.82) is 0 Å². The molecule has 0 spiro atoms. The van der Waals surface area contributed by atoms with Crippen LogP contribution in [-0.2, 0) is 6.18 Å². The maximum absolute atomic E-state index is 13.3. The Morgan fingerprint density at radius 2 is 1.62 bits per heavy atom. The van der Waals surface area contributed by atoms with E-state index in [-0.39, 0.29) is 17.3 Å². The first kappa shape index (κ1) is 22.0. The van der Waals surface area contributed by atoms with Gasteiger partial charge in [-0.3, -0.25) is 4.79 Å². The molecule has 2 aliphatic rings. The fourth-order valence-corrected chi connectivity index (χ4v) is 4.19. The molecule has 34 heavy (non-hydrogen) atoms. The highest BCUT2D eigenvalue weighted by Gasteiger charge is 2.33. The van der Waals surface area contributed by atoms with E-state index in [0.29, 0.717) is 48.9 Å². The number of benzene rings is 3. The maximum Gasteiger partial charge on any atom is 0.416 e. The van der Waals surface area contributed by atoms with E-state index in [9.17, 15) is 18.0 Å². The van der Waals surface area contributed by atoms with Crippen molar-refractivity contribution in [2.45, 2.75) is 13.1 Å². The SMILES string of the molecule is Cc1ccc2c(c1)C(N1CCN(C(=O)c3ccccc3)CC1)=Nc1cc(C(F)(F)F)ccc1O2. The van der Waals surface area contributed by atoms with E-state index in [0.717, 1.165) is 17.7 Å². The Morgan fingerprint density at radius 1 is 0.912 bits per heavy atom. The van der Waals surface area contributed by atoms with E-state index < -0.39 is 11.7 Å². The predicted octanol–water partition coefficient (Wildman–Crippen LogP) is 5.66. The lowest BCUT2D eigenvalue weighted by molar-refractivity contribution is -0.137. The number of halogens is 3. The quantitative estimate of drug-likeness (QED) is 0.466. The van der Waals surface area contributed by atoms with Crippen LogP contribution in [0.15, 0.2) is 71.7 Å². The van der Waals surface area contributed by atoms with Crippen LogP contribution in [0.3, 0.4) is 0 Å². The summed E-state index contributed by atoms with van der Waals surface area (Å²) >= 11 is 0.